The molecule has 0 spiro atoms. The van der Waals surface area contributed by atoms with Crippen LogP contribution in [0.2, 0.25) is 5.02 Å². The molecule has 1 aromatic carbocycles. The summed E-state index contributed by atoms with van der Waals surface area (Å²) in [5.41, 5.74) is -0.697. The molecule has 0 aromatic heterocycles. The molecule has 0 aliphatic heterocycles. The molecule has 0 aliphatic rings. The minimum absolute atomic E-state index is 0.0481. The molecule has 0 amide bonds. The topological polar surface area (TPSA) is 46.5 Å². The average molecular weight is 285 g/mol. The summed E-state index contributed by atoms with van der Waals surface area (Å²) in [6.45, 7) is 7.46. The number of esters is 1. The largest absolute Gasteiger partial charge is 0.466 e. The van der Waals surface area contributed by atoms with Gasteiger partial charge >= 0.3 is 5.97 Å². The Bertz CT molecular complexity index is 441. The van der Waals surface area contributed by atoms with Crippen LogP contribution in [0.15, 0.2) is 24.3 Å². The molecule has 1 aromatic rings. The van der Waals surface area contributed by atoms with Crippen molar-refractivity contribution >= 4 is 17.6 Å². The van der Waals surface area contributed by atoms with Crippen molar-refractivity contribution in [3.8, 4) is 0 Å². The number of benzene rings is 1. The van der Waals surface area contributed by atoms with Crippen molar-refractivity contribution in [3.63, 3.8) is 0 Å². The van der Waals surface area contributed by atoms with E-state index < -0.39 is 11.5 Å². The number of aliphatic hydroxyl groups is 1. The number of hydrogen-bond donors (Lipinski definition) is 1. The van der Waals surface area contributed by atoms with Gasteiger partial charge in [-0.05, 0) is 37.5 Å². The third-order valence-corrected chi connectivity index (χ3v) is 3.46. The fraction of sp³-hybridized carbons (Fsp3) is 0.533. The quantitative estimate of drug-likeness (QED) is 0.843. The average Bonchev–Trinajstić information content (AvgIpc) is 2.28. The van der Waals surface area contributed by atoms with Gasteiger partial charge in [0.1, 0.15) is 5.60 Å². The zero-order chi connectivity index (χ0) is 14.6. The van der Waals surface area contributed by atoms with Crippen molar-refractivity contribution in [2.24, 2.45) is 11.8 Å². The summed E-state index contributed by atoms with van der Waals surface area (Å²) in [7, 11) is 0. The molecule has 106 valence electrons. The van der Waals surface area contributed by atoms with Crippen LogP contribution in [-0.2, 0) is 15.1 Å². The van der Waals surface area contributed by atoms with E-state index >= 15 is 0 Å². The van der Waals surface area contributed by atoms with Crippen molar-refractivity contribution in [1.82, 2.24) is 0 Å². The fourth-order valence-electron chi connectivity index (χ4n) is 2.37. The first-order valence-electron chi connectivity index (χ1n) is 6.45. The molecular weight excluding hydrogens is 264 g/mol. The lowest BCUT2D eigenvalue weighted by atomic mass is 9.76. The maximum Gasteiger partial charge on any atom is 0.312 e. The molecule has 19 heavy (non-hydrogen) atoms. The van der Waals surface area contributed by atoms with Gasteiger partial charge in [-0.2, -0.15) is 0 Å². The highest BCUT2D eigenvalue weighted by molar-refractivity contribution is 6.30. The molecule has 0 fully saturated rings. The molecular formula is C15H21ClO3. The van der Waals surface area contributed by atoms with E-state index in [1.165, 1.54) is 0 Å². The van der Waals surface area contributed by atoms with Crippen LogP contribution in [0.5, 0.6) is 0 Å². The van der Waals surface area contributed by atoms with E-state index in [2.05, 4.69) is 0 Å². The molecule has 3 nitrogen and oxygen atoms in total. The SMILES string of the molecule is CCOC(=O)C(C(C)C)C(C)(O)c1cccc(Cl)c1. The number of carbonyl (C=O) groups excluding carboxylic acids is 1. The van der Waals surface area contributed by atoms with Gasteiger partial charge in [-0.1, -0.05) is 37.6 Å². The third kappa shape index (κ3) is 3.71. The maximum absolute atomic E-state index is 12.1. The molecule has 1 rings (SSSR count). The van der Waals surface area contributed by atoms with Crippen molar-refractivity contribution in [2.45, 2.75) is 33.3 Å². The lowest BCUT2D eigenvalue weighted by Gasteiger charge is -2.34. The van der Waals surface area contributed by atoms with Crippen LogP contribution < -0.4 is 0 Å². The Morgan fingerprint density at radius 1 is 1.47 bits per heavy atom. The summed E-state index contributed by atoms with van der Waals surface area (Å²) in [5.74, 6) is -1.07. The van der Waals surface area contributed by atoms with E-state index in [1.54, 1.807) is 38.1 Å². The Kier molecular flexibility index (Phi) is 5.39. The number of hydrogen-bond acceptors (Lipinski definition) is 3. The van der Waals surface area contributed by atoms with Crippen LogP contribution >= 0.6 is 11.6 Å². The van der Waals surface area contributed by atoms with E-state index in [0.29, 0.717) is 17.2 Å². The minimum atomic E-state index is -1.31. The van der Waals surface area contributed by atoms with Gasteiger partial charge in [0.15, 0.2) is 0 Å². The zero-order valence-corrected chi connectivity index (χ0v) is 12.6. The molecule has 0 aliphatic carbocycles. The van der Waals surface area contributed by atoms with Gasteiger partial charge < -0.3 is 9.84 Å². The Morgan fingerprint density at radius 3 is 2.58 bits per heavy atom. The Hall–Kier alpha value is -1.06. The normalized spacial score (nSPS) is 15.9. The van der Waals surface area contributed by atoms with Crippen molar-refractivity contribution in [3.05, 3.63) is 34.9 Å². The molecule has 2 unspecified atom stereocenters. The second kappa shape index (κ2) is 6.40. The Balaban J connectivity index is 3.16. The van der Waals surface area contributed by atoms with Crippen LogP contribution in [0.4, 0.5) is 0 Å². The summed E-state index contributed by atoms with van der Waals surface area (Å²) in [6, 6.07) is 6.93. The Morgan fingerprint density at radius 2 is 2.11 bits per heavy atom. The number of ether oxygens (including phenoxy) is 1. The van der Waals surface area contributed by atoms with Gasteiger partial charge in [0.05, 0.1) is 12.5 Å². The monoisotopic (exact) mass is 284 g/mol. The zero-order valence-electron chi connectivity index (χ0n) is 11.8. The van der Waals surface area contributed by atoms with Gasteiger partial charge in [0.25, 0.3) is 0 Å². The van der Waals surface area contributed by atoms with Crippen LogP contribution in [0.1, 0.15) is 33.3 Å². The number of carbonyl (C=O) groups is 1. The van der Waals surface area contributed by atoms with Gasteiger partial charge in [-0.25, -0.2) is 0 Å². The highest BCUT2D eigenvalue weighted by Gasteiger charge is 2.42. The van der Waals surface area contributed by atoms with E-state index in [0.717, 1.165) is 0 Å². The molecule has 4 heteroatoms. The molecule has 2 atom stereocenters. The predicted molar refractivity (Wildman–Crippen MR) is 76.0 cm³/mol. The molecule has 0 bridgehead atoms. The maximum atomic E-state index is 12.1. The van der Waals surface area contributed by atoms with Crippen LogP contribution in [0.25, 0.3) is 0 Å². The van der Waals surface area contributed by atoms with Crippen molar-refractivity contribution in [2.75, 3.05) is 6.61 Å². The lowest BCUT2D eigenvalue weighted by Crippen LogP contribution is -2.41. The second-order valence-electron chi connectivity index (χ2n) is 5.13. The van der Waals surface area contributed by atoms with Crippen LogP contribution in [-0.4, -0.2) is 17.7 Å². The fourth-order valence-corrected chi connectivity index (χ4v) is 2.56. The smallest absolute Gasteiger partial charge is 0.312 e. The molecule has 0 radical (unpaired) electrons. The molecule has 0 saturated heterocycles. The lowest BCUT2D eigenvalue weighted by molar-refractivity contribution is -0.161. The van der Waals surface area contributed by atoms with Gasteiger partial charge in [0, 0.05) is 5.02 Å². The van der Waals surface area contributed by atoms with E-state index in [1.807, 2.05) is 13.8 Å². The summed E-state index contributed by atoms with van der Waals surface area (Å²) in [5, 5.41) is 11.3. The standard InChI is InChI=1S/C15H21ClO3/c1-5-19-14(17)13(10(2)3)15(4,18)11-7-6-8-12(16)9-11/h6-10,13,18H,5H2,1-4H3. The first kappa shape index (κ1) is 16.0. The summed E-state index contributed by atoms with van der Waals surface area (Å²) < 4.78 is 5.07. The first-order chi connectivity index (χ1) is 8.80. The minimum Gasteiger partial charge on any atom is -0.466 e. The highest BCUT2D eigenvalue weighted by atomic mass is 35.5. The number of halogens is 1. The summed E-state index contributed by atoms with van der Waals surface area (Å²) >= 11 is 5.95. The highest BCUT2D eigenvalue weighted by Crippen LogP contribution is 2.36. The second-order valence-corrected chi connectivity index (χ2v) is 5.57. The molecule has 0 heterocycles. The van der Waals surface area contributed by atoms with Crippen molar-refractivity contribution < 1.29 is 14.6 Å². The number of rotatable bonds is 5. The van der Waals surface area contributed by atoms with Crippen LogP contribution in [0.3, 0.4) is 0 Å². The van der Waals surface area contributed by atoms with Crippen molar-refractivity contribution in [1.29, 1.82) is 0 Å². The van der Waals surface area contributed by atoms with Gasteiger partial charge in [-0.15, -0.1) is 0 Å². The van der Waals surface area contributed by atoms with Gasteiger partial charge in [-0.3, -0.25) is 4.79 Å². The summed E-state index contributed by atoms with van der Waals surface area (Å²) in [4.78, 5) is 12.1. The Labute approximate surface area is 119 Å². The van der Waals surface area contributed by atoms with Gasteiger partial charge in [0.2, 0.25) is 0 Å². The van der Waals surface area contributed by atoms with E-state index in [9.17, 15) is 9.90 Å². The molecule has 1 N–H and O–H groups in total. The van der Waals surface area contributed by atoms with Crippen LogP contribution in [0, 0.1) is 11.8 Å². The summed E-state index contributed by atoms with van der Waals surface area (Å²) in [6.07, 6.45) is 0. The predicted octanol–water partition coefficient (Wildman–Crippen LogP) is 3.38. The van der Waals surface area contributed by atoms with E-state index in [-0.39, 0.29) is 11.9 Å². The van der Waals surface area contributed by atoms with E-state index in [4.69, 9.17) is 16.3 Å². The molecule has 0 saturated carbocycles. The first-order valence-corrected chi connectivity index (χ1v) is 6.83. The third-order valence-electron chi connectivity index (χ3n) is 3.22.